The molecule has 5 heteroatoms. The van der Waals surface area contributed by atoms with Crippen LogP contribution in [-0.4, -0.2) is 50.1 Å². The van der Waals surface area contributed by atoms with E-state index in [1.807, 2.05) is 7.05 Å². The molecular formula is C16H31N3O2. The topological polar surface area (TPSA) is 53.9 Å². The van der Waals surface area contributed by atoms with Crippen LogP contribution in [0.4, 0.5) is 0 Å². The van der Waals surface area contributed by atoms with Gasteiger partial charge in [0.25, 0.3) is 0 Å². The lowest BCUT2D eigenvalue weighted by Crippen LogP contribution is -2.39. The molecule has 0 atom stereocenters. The molecule has 0 aromatic rings. The molecule has 1 fully saturated rings. The summed E-state index contributed by atoms with van der Waals surface area (Å²) in [6.45, 7) is 3.93. The maximum absolute atomic E-state index is 11.7. The van der Waals surface area contributed by atoms with Gasteiger partial charge in [0.1, 0.15) is 6.10 Å². The van der Waals surface area contributed by atoms with Gasteiger partial charge in [-0.3, -0.25) is 9.79 Å². The van der Waals surface area contributed by atoms with Crippen LogP contribution in [0.5, 0.6) is 0 Å². The monoisotopic (exact) mass is 297 g/mol. The number of aliphatic imine (C=N–C) groups is 1. The zero-order chi connectivity index (χ0) is 15.5. The van der Waals surface area contributed by atoms with Crippen LogP contribution in [0.2, 0.25) is 0 Å². The summed E-state index contributed by atoms with van der Waals surface area (Å²) >= 11 is 0. The summed E-state index contributed by atoms with van der Waals surface area (Å²) in [7, 11) is 3.83. The molecule has 0 unspecified atom stereocenters. The van der Waals surface area contributed by atoms with Gasteiger partial charge in [-0.05, 0) is 38.5 Å². The minimum absolute atomic E-state index is 0.0574. The molecule has 1 aliphatic rings. The lowest BCUT2D eigenvalue weighted by atomic mass is 10.3. The van der Waals surface area contributed by atoms with Crippen molar-refractivity contribution >= 4 is 11.9 Å². The normalized spacial score (nSPS) is 16.0. The molecule has 5 nitrogen and oxygen atoms in total. The van der Waals surface area contributed by atoms with E-state index >= 15 is 0 Å². The Hall–Kier alpha value is -1.26. The highest BCUT2D eigenvalue weighted by Crippen LogP contribution is 2.21. The maximum atomic E-state index is 11.7. The Morgan fingerprint density at radius 1 is 1.33 bits per heavy atom. The van der Waals surface area contributed by atoms with Crippen molar-refractivity contribution < 1.29 is 9.53 Å². The summed E-state index contributed by atoms with van der Waals surface area (Å²) in [5.41, 5.74) is 0. The van der Waals surface area contributed by atoms with Gasteiger partial charge in [0.2, 0.25) is 0 Å². The van der Waals surface area contributed by atoms with E-state index in [1.54, 1.807) is 7.05 Å². The van der Waals surface area contributed by atoms with Crippen LogP contribution in [0.1, 0.15) is 58.3 Å². The van der Waals surface area contributed by atoms with Crippen molar-refractivity contribution in [2.24, 2.45) is 4.99 Å². The highest BCUT2D eigenvalue weighted by Gasteiger charge is 2.18. The molecule has 0 bridgehead atoms. The molecule has 1 saturated carbocycles. The molecule has 1 N–H and O–H groups in total. The lowest BCUT2D eigenvalue weighted by molar-refractivity contribution is -0.148. The smallest absolute Gasteiger partial charge is 0.306 e. The van der Waals surface area contributed by atoms with Crippen molar-refractivity contribution in [3.63, 3.8) is 0 Å². The highest BCUT2D eigenvalue weighted by molar-refractivity contribution is 5.79. The average molecular weight is 297 g/mol. The van der Waals surface area contributed by atoms with E-state index in [0.717, 1.165) is 44.7 Å². The molecule has 0 radical (unpaired) electrons. The van der Waals surface area contributed by atoms with Crippen LogP contribution < -0.4 is 5.32 Å². The summed E-state index contributed by atoms with van der Waals surface area (Å²) in [6, 6.07) is 0. The van der Waals surface area contributed by atoms with Crippen molar-refractivity contribution in [3.05, 3.63) is 0 Å². The predicted molar refractivity (Wildman–Crippen MR) is 86.5 cm³/mol. The second-order valence-electron chi connectivity index (χ2n) is 5.75. The molecule has 21 heavy (non-hydrogen) atoms. The first kappa shape index (κ1) is 17.8. The first-order valence-corrected chi connectivity index (χ1v) is 8.28. The Balaban J connectivity index is 2.12. The Morgan fingerprint density at radius 3 is 2.67 bits per heavy atom. The number of rotatable bonds is 8. The van der Waals surface area contributed by atoms with Crippen LogP contribution in [0.25, 0.3) is 0 Å². The Morgan fingerprint density at radius 2 is 2.05 bits per heavy atom. The van der Waals surface area contributed by atoms with Crippen LogP contribution >= 0.6 is 0 Å². The van der Waals surface area contributed by atoms with Crippen LogP contribution in [0.15, 0.2) is 4.99 Å². The number of carbonyl (C=O) groups excluding carboxylic acids is 1. The molecule has 0 aromatic heterocycles. The van der Waals surface area contributed by atoms with Gasteiger partial charge < -0.3 is 15.0 Å². The summed E-state index contributed by atoms with van der Waals surface area (Å²) in [6.07, 6.45) is 8.25. The molecule has 0 heterocycles. The summed E-state index contributed by atoms with van der Waals surface area (Å²) in [4.78, 5) is 18.1. The third-order valence-electron chi connectivity index (χ3n) is 3.86. The van der Waals surface area contributed by atoms with Crippen LogP contribution in [-0.2, 0) is 9.53 Å². The number of guanidine groups is 1. The Kier molecular flexibility index (Phi) is 8.87. The van der Waals surface area contributed by atoms with E-state index in [-0.39, 0.29) is 12.1 Å². The second kappa shape index (κ2) is 10.5. The molecule has 0 aromatic carbocycles. The summed E-state index contributed by atoms with van der Waals surface area (Å²) < 4.78 is 5.44. The number of nitrogens with one attached hydrogen (secondary N) is 1. The molecule has 122 valence electrons. The lowest BCUT2D eigenvalue weighted by Gasteiger charge is -2.21. The number of hydrogen-bond donors (Lipinski definition) is 1. The molecule has 0 spiro atoms. The minimum atomic E-state index is -0.0574. The fourth-order valence-corrected chi connectivity index (χ4v) is 2.57. The van der Waals surface area contributed by atoms with Crippen LogP contribution in [0.3, 0.4) is 0 Å². The molecule has 1 aliphatic carbocycles. The minimum Gasteiger partial charge on any atom is -0.462 e. The zero-order valence-corrected chi connectivity index (χ0v) is 13.9. The number of hydrogen-bond acceptors (Lipinski definition) is 3. The zero-order valence-electron chi connectivity index (χ0n) is 13.9. The summed E-state index contributed by atoms with van der Waals surface area (Å²) in [5.74, 6) is 0.839. The van der Waals surface area contributed by atoms with Crippen molar-refractivity contribution in [2.45, 2.75) is 64.4 Å². The van der Waals surface area contributed by atoms with Gasteiger partial charge in [-0.25, -0.2) is 0 Å². The fraction of sp³-hybridized carbons (Fsp3) is 0.875. The van der Waals surface area contributed by atoms with Gasteiger partial charge in [0, 0.05) is 33.6 Å². The predicted octanol–water partition coefficient (Wildman–Crippen LogP) is 2.56. The number of nitrogens with zero attached hydrogens (tertiary/aromatic N) is 2. The third kappa shape index (κ3) is 7.34. The first-order valence-electron chi connectivity index (χ1n) is 8.28. The van der Waals surface area contributed by atoms with E-state index in [2.05, 4.69) is 22.1 Å². The second-order valence-corrected chi connectivity index (χ2v) is 5.75. The standard InChI is InChI=1S/C16H31N3O2/c1-4-5-13-19(3)16(17-2)18-12-8-11-15(20)21-14-9-6-7-10-14/h14H,4-13H2,1-3H3,(H,17,18). The van der Waals surface area contributed by atoms with Gasteiger partial charge in [-0.2, -0.15) is 0 Å². The van der Waals surface area contributed by atoms with Crippen molar-refractivity contribution in [1.82, 2.24) is 10.2 Å². The SMILES string of the molecule is CCCCN(C)C(=NC)NCCCC(=O)OC1CCCC1. The van der Waals surface area contributed by atoms with E-state index < -0.39 is 0 Å². The van der Waals surface area contributed by atoms with Gasteiger partial charge >= 0.3 is 5.97 Å². The van der Waals surface area contributed by atoms with E-state index in [4.69, 9.17) is 4.74 Å². The molecule has 0 saturated heterocycles. The molecule has 0 aliphatic heterocycles. The number of carbonyl (C=O) groups is 1. The van der Waals surface area contributed by atoms with Gasteiger partial charge in [-0.1, -0.05) is 13.3 Å². The fourth-order valence-electron chi connectivity index (χ4n) is 2.57. The van der Waals surface area contributed by atoms with Crippen LogP contribution in [0, 0.1) is 0 Å². The van der Waals surface area contributed by atoms with Gasteiger partial charge in [-0.15, -0.1) is 0 Å². The van der Waals surface area contributed by atoms with Crippen molar-refractivity contribution in [3.8, 4) is 0 Å². The quantitative estimate of drug-likeness (QED) is 0.324. The first-order chi connectivity index (χ1) is 10.2. The largest absolute Gasteiger partial charge is 0.462 e. The van der Waals surface area contributed by atoms with E-state index in [9.17, 15) is 4.79 Å². The molecule has 1 rings (SSSR count). The maximum Gasteiger partial charge on any atom is 0.306 e. The molecule has 0 amide bonds. The van der Waals surface area contributed by atoms with Crippen molar-refractivity contribution in [1.29, 1.82) is 0 Å². The third-order valence-corrected chi connectivity index (χ3v) is 3.86. The Labute approximate surface area is 129 Å². The van der Waals surface area contributed by atoms with Gasteiger partial charge in [0.05, 0.1) is 0 Å². The van der Waals surface area contributed by atoms with Crippen molar-refractivity contribution in [2.75, 3.05) is 27.2 Å². The Bertz CT molecular complexity index is 325. The average Bonchev–Trinajstić information content (AvgIpc) is 2.97. The number of unbranched alkanes of at least 4 members (excludes halogenated alkanes) is 1. The van der Waals surface area contributed by atoms with E-state index in [1.165, 1.54) is 19.3 Å². The van der Waals surface area contributed by atoms with E-state index in [0.29, 0.717) is 6.42 Å². The van der Waals surface area contributed by atoms with Gasteiger partial charge in [0.15, 0.2) is 5.96 Å². The number of ether oxygens (including phenoxy) is 1. The number of esters is 1. The highest BCUT2D eigenvalue weighted by atomic mass is 16.5. The molecular weight excluding hydrogens is 266 g/mol. The summed E-state index contributed by atoms with van der Waals surface area (Å²) in [5, 5.41) is 3.30.